The Morgan fingerprint density at radius 3 is 2.73 bits per heavy atom. The Kier molecular flexibility index (Phi) is 7.75. The Bertz CT molecular complexity index is 914. The monoisotopic (exact) mass is 447 g/mol. The van der Waals surface area contributed by atoms with Gasteiger partial charge in [0, 0.05) is 22.7 Å². The van der Waals surface area contributed by atoms with Gasteiger partial charge in [-0.25, -0.2) is 4.79 Å². The number of carbonyl (C=O) groups is 3. The van der Waals surface area contributed by atoms with E-state index in [0.29, 0.717) is 43.1 Å². The van der Waals surface area contributed by atoms with E-state index in [-0.39, 0.29) is 12.0 Å². The zero-order valence-electron chi connectivity index (χ0n) is 16.8. The average molecular weight is 448 g/mol. The van der Waals surface area contributed by atoms with Crippen molar-refractivity contribution >= 4 is 46.0 Å². The van der Waals surface area contributed by atoms with Crippen LogP contribution in [0.1, 0.15) is 40.6 Å². The molecule has 0 saturated carbocycles. The summed E-state index contributed by atoms with van der Waals surface area (Å²) in [5, 5.41) is 3.32. The van der Waals surface area contributed by atoms with Gasteiger partial charge in [0.2, 0.25) is 5.91 Å². The van der Waals surface area contributed by atoms with Gasteiger partial charge in [0.05, 0.1) is 18.7 Å². The van der Waals surface area contributed by atoms with E-state index in [4.69, 9.17) is 10.5 Å². The number of benzene rings is 1. The molecule has 0 aliphatic carbocycles. The minimum absolute atomic E-state index is 0.146. The number of hydrogen-bond acceptors (Lipinski definition) is 6. The van der Waals surface area contributed by atoms with E-state index in [1.807, 2.05) is 30.3 Å². The Morgan fingerprint density at radius 1 is 1.27 bits per heavy atom. The molecule has 0 unspecified atom stereocenters. The third kappa shape index (κ3) is 5.54. The Morgan fingerprint density at radius 2 is 2.03 bits per heavy atom. The summed E-state index contributed by atoms with van der Waals surface area (Å²) in [6.45, 7) is 2.87. The first kappa shape index (κ1) is 22.2. The number of thiophene rings is 1. The third-order valence-corrected chi connectivity index (χ3v) is 6.87. The van der Waals surface area contributed by atoms with Crippen LogP contribution in [0, 0.1) is 0 Å². The molecule has 3 rings (SSSR count). The van der Waals surface area contributed by atoms with Crippen LogP contribution >= 0.6 is 23.1 Å². The Hall–Kier alpha value is -2.52. The third-order valence-electron chi connectivity index (χ3n) is 4.64. The minimum atomic E-state index is -0.563. The molecule has 0 saturated heterocycles. The van der Waals surface area contributed by atoms with Gasteiger partial charge in [0.15, 0.2) is 0 Å². The number of rotatable bonds is 8. The minimum Gasteiger partial charge on any atom is -0.450 e. The van der Waals surface area contributed by atoms with Gasteiger partial charge in [-0.05, 0) is 43.2 Å². The van der Waals surface area contributed by atoms with E-state index in [2.05, 4.69) is 5.32 Å². The van der Waals surface area contributed by atoms with Crippen molar-refractivity contribution in [2.75, 3.05) is 24.2 Å². The number of primary amides is 1. The van der Waals surface area contributed by atoms with Crippen molar-refractivity contribution in [3.63, 3.8) is 0 Å². The molecule has 0 atom stereocenters. The lowest BCUT2D eigenvalue weighted by Crippen LogP contribution is -2.36. The maximum absolute atomic E-state index is 12.4. The summed E-state index contributed by atoms with van der Waals surface area (Å²) in [5.41, 5.74) is 6.78. The van der Waals surface area contributed by atoms with Crippen LogP contribution < -0.4 is 11.1 Å². The van der Waals surface area contributed by atoms with Crippen molar-refractivity contribution < 1.29 is 19.1 Å². The first-order valence-corrected chi connectivity index (χ1v) is 11.6. The highest BCUT2D eigenvalue weighted by Crippen LogP contribution is 2.37. The SMILES string of the molecule is CCOC(=O)N1CCc2c(sc(NC(=O)CCCSc3ccccc3)c2C(N)=O)C1. The van der Waals surface area contributed by atoms with Crippen LogP contribution in [0.25, 0.3) is 0 Å². The second kappa shape index (κ2) is 10.5. The predicted octanol–water partition coefficient (Wildman–Crippen LogP) is 3.87. The number of nitrogens with two attached hydrogens (primary N) is 1. The van der Waals surface area contributed by atoms with Crippen LogP contribution in [0.4, 0.5) is 9.80 Å². The molecule has 7 nitrogen and oxygen atoms in total. The number of ether oxygens (including phenoxy) is 1. The van der Waals surface area contributed by atoms with Crippen LogP contribution in [0.2, 0.25) is 0 Å². The van der Waals surface area contributed by atoms with Gasteiger partial charge >= 0.3 is 6.09 Å². The van der Waals surface area contributed by atoms with E-state index < -0.39 is 5.91 Å². The largest absolute Gasteiger partial charge is 0.450 e. The van der Waals surface area contributed by atoms with E-state index in [1.165, 1.54) is 16.2 Å². The molecule has 1 aliphatic heterocycles. The van der Waals surface area contributed by atoms with Gasteiger partial charge in [-0.3, -0.25) is 9.59 Å². The maximum Gasteiger partial charge on any atom is 0.410 e. The molecule has 160 valence electrons. The lowest BCUT2D eigenvalue weighted by atomic mass is 10.0. The number of anilines is 1. The van der Waals surface area contributed by atoms with Crippen molar-refractivity contribution in [1.29, 1.82) is 0 Å². The summed E-state index contributed by atoms with van der Waals surface area (Å²) < 4.78 is 5.06. The summed E-state index contributed by atoms with van der Waals surface area (Å²) in [4.78, 5) is 40.1. The smallest absolute Gasteiger partial charge is 0.410 e. The number of amides is 3. The van der Waals surface area contributed by atoms with Gasteiger partial charge < -0.3 is 20.7 Å². The van der Waals surface area contributed by atoms with Crippen LogP contribution in [-0.4, -0.2) is 41.7 Å². The number of thioether (sulfide) groups is 1. The van der Waals surface area contributed by atoms with Crippen molar-refractivity contribution in [2.24, 2.45) is 5.73 Å². The number of nitrogens with zero attached hydrogens (tertiary/aromatic N) is 1. The van der Waals surface area contributed by atoms with Crippen molar-refractivity contribution in [2.45, 2.75) is 37.6 Å². The molecule has 0 bridgehead atoms. The Labute approximate surface area is 184 Å². The molecular weight excluding hydrogens is 422 g/mol. The molecule has 3 amide bonds. The van der Waals surface area contributed by atoms with E-state index in [1.54, 1.807) is 23.6 Å². The second-order valence-corrected chi connectivity index (χ2v) is 9.03. The van der Waals surface area contributed by atoms with E-state index in [9.17, 15) is 14.4 Å². The fraction of sp³-hybridized carbons (Fsp3) is 0.381. The highest BCUT2D eigenvalue weighted by atomic mass is 32.2. The van der Waals surface area contributed by atoms with E-state index >= 15 is 0 Å². The standard InChI is InChI=1S/C21H25N3O4S2/c1-2-28-21(27)24-11-10-15-16(13-24)30-20(18(15)19(22)26)23-17(25)9-6-12-29-14-7-4-3-5-8-14/h3-5,7-8H,2,6,9-13H2,1H3,(H2,22,26)(H,23,25). The molecule has 0 spiro atoms. The highest BCUT2D eigenvalue weighted by Gasteiger charge is 2.29. The molecule has 1 aromatic heterocycles. The highest BCUT2D eigenvalue weighted by molar-refractivity contribution is 7.99. The van der Waals surface area contributed by atoms with Gasteiger partial charge in [-0.15, -0.1) is 23.1 Å². The molecule has 3 N–H and O–H groups in total. The zero-order chi connectivity index (χ0) is 21.5. The average Bonchev–Trinajstić information content (AvgIpc) is 3.09. The quantitative estimate of drug-likeness (QED) is 0.472. The van der Waals surface area contributed by atoms with E-state index in [0.717, 1.165) is 22.6 Å². The number of carbonyl (C=O) groups excluding carboxylic acids is 3. The Balaban J connectivity index is 1.59. The lowest BCUT2D eigenvalue weighted by Gasteiger charge is -2.26. The molecule has 2 aromatic rings. The number of nitrogens with one attached hydrogen (secondary N) is 1. The summed E-state index contributed by atoms with van der Waals surface area (Å²) in [6.07, 6.45) is 1.21. The van der Waals surface area contributed by atoms with Crippen LogP contribution in [-0.2, 0) is 22.5 Å². The maximum atomic E-state index is 12.4. The molecule has 0 radical (unpaired) electrons. The van der Waals surface area contributed by atoms with Crippen LogP contribution in [0.5, 0.6) is 0 Å². The number of fused-ring (bicyclic) bond motifs is 1. The first-order chi connectivity index (χ1) is 14.5. The van der Waals surface area contributed by atoms with Crippen molar-refractivity contribution in [3.05, 3.63) is 46.3 Å². The molecule has 30 heavy (non-hydrogen) atoms. The summed E-state index contributed by atoms with van der Waals surface area (Å²) in [7, 11) is 0. The summed E-state index contributed by atoms with van der Waals surface area (Å²) in [6, 6.07) is 10.0. The fourth-order valence-electron chi connectivity index (χ4n) is 3.25. The van der Waals surface area contributed by atoms with Gasteiger partial charge in [0.1, 0.15) is 5.00 Å². The number of hydrogen-bond donors (Lipinski definition) is 2. The van der Waals surface area contributed by atoms with Gasteiger partial charge in [0.25, 0.3) is 5.91 Å². The zero-order valence-corrected chi connectivity index (χ0v) is 18.4. The predicted molar refractivity (Wildman–Crippen MR) is 119 cm³/mol. The van der Waals surface area contributed by atoms with Gasteiger partial charge in [-0.2, -0.15) is 0 Å². The first-order valence-electron chi connectivity index (χ1n) is 9.83. The molecule has 2 heterocycles. The normalized spacial score (nSPS) is 12.9. The van der Waals surface area contributed by atoms with Crippen molar-refractivity contribution in [1.82, 2.24) is 4.90 Å². The molecule has 1 aromatic carbocycles. The molecular formula is C21H25N3O4S2. The molecule has 9 heteroatoms. The van der Waals surface area contributed by atoms with Crippen molar-refractivity contribution in [3.8, 4) is 0 Å². The van der Waals surface area contributed by atoms with Gasteiger partial charge in [-0.1, -0.05) is 18.2 Å². The summed E-state index contributed by atoms with van der Waals surface area (Å²) in [5.74, 6) is 0.120. The molecule has 1 aliphatic rings. The molecule has 0 fully saturated rings. The lowest BCUT2D eigenvalue weighted by molar-refractivity contribution is -0.116. The van der Waals surface area contributed by atoms with Crippen LogP contribution in [0.15, 0.2) is 35.2 Å². The fourth-order valence-corrected chi connectivity index (χ4v) is 5.41. The summed E-state index contributed by atoms with van der Waals surface area (Å²) >= 11 is 3.01. The van der Waals surface area contributed by atoms with Crippen LogP contribution in [0.3, 0.4) is 0 Å². The second-order valence-electron chi connectivity index (χ2n) is 6.76. The topological polar surface area (TPSA) is 102 Å².